The van der Waals surface area contributed by atoms with Gasteiger partial charge in [-0.25, -0.2) is 0 Å². The van der Waals surface area contributed by atoms with Gasteiger partial charge in [0.2, 0.25) is 11.8 Å². The molecule has 1 atom stereocenters. The lowest BCUT2D eigenvalue weighted by Crippen LogP contribution is -2.50. The second kappa shape index (κ2) is 8.02. The first kappa shape index (κ1) is 18.0. The molecule has 3 heterocycles. The van der Waals surface area contributed by atoms with Gasteiger partial charge in [-0.15, -0.1) is 0 Å². The summed E-state index contributed by atoms with van der Waals surface area (Å²) in [6.07, 6.45) is 6.84. The summed E-state index contributed by atoms with van der Waals surface area (Å²) in [4.78, 5) is 28.9. The van der Waals surface area contributed by atoms with E-state index in [1.165, 1.54) is 0 Å². The van der Waals surface area contributed by atoms with Crippen LogP contribution in [0.5, 0.6) is 0 Å². The minimum atomic E-state index is 0.0986. The van der Waals surface area contributed by atoms with Gasteiger partial charge >= 0.3 is 0 Å². The fourth-order valence-corrected chi connectivity index (χ4v) is 4.04. The van der Waals surface area contributed by atoms with Gasteiger partial charge in [-0.1, -0.05) is 6.42 Å². The van der Waals surface area contributed by atoms with Gasteiger partial charge in [0.05, 0.1) is 24.8 Å². The second-order valence-electron chi connectivity index (χ2n) is 7.47. The monoisotopic (exact) mass is 346 g/mol. The van der Waals surface area contributed by atoms with Crippen LogP contribution in [0.15, 0.2) is 6.07 Å². The van der Waals surface area contributed by atoms with Gasteiger partial charge in [-0.05, 0) is 52.0 Å². The summed E-state index contributed by atoms with van der Waals surface area (Å²) in [6, 6.07) is 2.26. The summed E-state index contributed by atoms with van der Waals surface area (Å²) in [5.41, 5.74) is 2.15. The molecule has 6 nitrogen and oxygen atoms in total. The lowest BCUT2D eigenvalue weighted by Gasteiger charge is -2.37. The van der Waals surface area contributed by atoms with Crippen LogP contribution in [0.3, 0.4) is 0 Å². The van der Waals surface area contributed by atoms with Gasteiger partial charge in [0.15, 0.2) is 0 Å². The molecule has 0 aromatic carbocycles. The van der Waals surface area contributed by atoms with E-state index in [0.717, 1.165) is 69.5 Å². The second-order valence-corrected chi connectivity index (χ2v) is 7.47. The molecule has 0 unspecified atom stereocenters. The van der Waals surface area contributed by atoms with Crippen molar-refractivity contribution in [3.05, 3.63) is 17.5 Å². The maximum absolute atomic E-state index is 12.9. The highest BCUT2D eigenvalue weighted by Crippen LogP contribution is 2.20. The minimum absolute atomic E-state index is 0.0986. The molecule has 2 saturated heterocycles. The Labute approximate surface area is 150 Å². The number of nitrogens with zero attached hydrogens (tertiary/aromatic N) is 4. The maximum Gasteiger partial charge on any atom is 0.242 e. The van der Waals surface area contributed by atoms with Crippen molar-refractivity contribution in [3.63, 3.8) is 0 Å². The molecule has 138 valence electrons. The minimum Gasteiger partial charge on any atom is -0.336 e. The van der Waals surface area contributed by atoms with Crippen LogP contribution in [0.25, 0.3) is 0 Å². The van der Waals surface area contributed by atoms with Crippen molar-refractivity contribution >= 4 is 11.8 Å². The highest BCUT2D eigenvalue weighted by Gasteiger charge is 2.29. The van der Waals surface area contributed by atoms with E-state index in [2.05, 4.69) is 18.1 Å². The number of rotatable bonds is 4. The van der Waals surface area contributed by atoms with E-state index in [1.807, 2.05) is 16.5 Å². The molecule has 0 saturated carbocycles. The average molecular weight is 346 g/mol. The largest absolute Gasteiger partial charge is 0.336 e. The standard InChI is InChI=1S/C19H30N4O2/c1-15-12-16(2)23(20-15)13-17-8-5-7-11-22(17)19(25)14-21-10-6-3-4-9-18(21)24/h12,17H,3-11,13-14H2,1-2H3/t17-/m0/s1. The fraction of sp³-hybridized carbons (Fsp3) is 0.737. The number of likely N-dealkylation sites (tertiary alicyclic amines) is 2. The molecule has 25 heavy (non-hydrogen) atoms. The number of carbonyl (C=O) groups excluding carboxylic acids is 2. The van der Waals surface area contributed by atoms with Gasteiger partial charge in [0.1, 0.15) is 0 Å². The molecule has 0 N–H and O–H groups in total. The molecule has 2 aliphatic heterocycles. The molecule has 0 radical (unpaired) electrons. The Balaban J connectivity index is 1.66. The van der Waals surface area contributed by atoms with Crippen LogP contribution in [0.4, 0.5) is 0 Å². The number of aromatic nitrogens is 2. The Bertz CT molecular complexity index is 625. The van der Waals surface area contributed by atoms with Gasteiger partial charge in [-0.2, -0.15) is 5.10 Å². The highest BCUT2D eigenvalue weighted by molar-refractivity contribution is 5.85. The quantitative estimate of drug-likeness (QED) is 0.840. The summed E-state index contributed by atoms with van der Waals surface area (Å²) in [5.74, 6) is 0.236. The Kier molecular flexibility index (Phi) is 5.76. The number of hydrogen-bond donors (Lipinski definition) is 0. The van der Waals surface area contributed by atoms with Crippen LogP contribution in [0.1, 0.15) is 56.3 Å². The van der Waals surface area contributed by atoms with E-state index in [4.69, 9.17) is 0 Å². The van der Waals surface area contributed by atoms with E-state index in [1.54, 1.807) is 4.90 Å². The summed E-state index contributed by atoms with van der Waals surface area (Å²) < 4.78 is 2.02. The van der Waals surface area contributed by atoms with Crippen molar-refractivity contribution in [1.82, 2.24) is 19.6 Å². The van der Waals surface area contributed by atoms with E-state index in [0.29, 0.717) is 6.42 Å². The Morgan fingerprint density at radius 1 is 1.16 bits per heavy atom. The van der Waals surface area contributed by atoms with Gasteiger partial charge < -0.3 is 9.80 Å². The van der Waals surface area contributed by atoms with E-state index >= 15 is 0 Å². The first-order chi connectivity index (χ1) is 12.0. The summed E-state index contributed by atoms with van der Waals surface area (Å²) in [7, 11) is 0. The Hall–Kier alpha value is -1.85. The van der Waals surface area contributed by atoms with E-state index in [-0.39, 0.29) is 24.4 Å². The predicted octanol–water partition coefficient (Wildman–Crippen LogP) is 2.28. The zero-order chi connectivity index (χ0) is 17.8. The van der Waals surface area contributed by atoms with Gasteiger partial charge in [0.25, 0.3) is 0 Å². The first-order valence-corrected chi connectivity index (χ1v) is 9.63. The topological polar surface area (TPSA) is 58.4 Å². The van der Waals surface area contributed by atoms with Crippen molar-refractivity contribution in [2.24, 2.45) is 0 Å². The molecule has 6 heteroatoms. The molecule has 2 fully saturated rings. The third-order valence-corrected chi connectivity index (χ3v) is 5.43. The predicted molar refractivity (Wildman–Crippen MR) is 96.1 cm³/mol. The lowest BCUT2D eigenvalue weighted by molar-refractivity contribution is -0.142. The zero-order valence-corrected chi connectivity index (χ0v) is 15.5. The number of aryl methyl sites for hydroxylation is 2. The van der Waals surface area contributed by atoms with Crippen LogP contribution in [-0.2, 0) is 16.1 Å². The number of piperidine rings is 1. The molecule has 0 spiro atoms. The summed E-state index contributed by atoms with van der Waals surface area (Å²) in [6.45, 7) is 6.57. The van der Waals surface area contributed by atoms with Crippen molar-refractivity contribution in [1.29, 1.82) is 0 Å². The Morgan fingerprint density at radius 3 is 2.72 bits per heavy atom. The van der Waals surface area contributed by atoms with Crippen molar-refractivity contribution in [2.75, 3.05) is 19.6 Å². The number of carbonyl (C=O) groups is 2. The smallest absolute Gasteiger partial charge is 0.242 e. The molecule has 0 bridgehead atoms. The molecule has 2 aliphatic rings. The van der Waals surface area contributed by atoms with E-state index < -0.39 is 0 Å². The van der Waals surface area contributed by atoms with Crippen molar-refractivity contribution in [2.45, 2.75) is 71.4 Å². The fourth-order valence-electron chi connectivity index (χ4n) is 4.04. The average Bonchev–Trinajstić information content (AvgIpc) is 2.77. The normalized spacial score (nSPS) is 22.2. The highest BCUT2D eigenvalue weighted by atomic mass is 16.2. The summed E-state index contributed by atoms with van der Waals surface area (Å²) >= 11 is 0. The van der Waals surface area contributed by atoms with Gasteiger partial charge in [0, 0.05) is 25.2 Å². The first-order valence-electron chi connectivity index (χ1n) is 9.63. The number of amides is 2. The van der Waals surface area contributed by atoms with Crippen LogP contribution >= 0.6 is 0 Å². The summed E-state index contributed by atoms with van der Waals surface area (Å²) in [5, 5.41) is 4.55. The SMILES string of the molecule is Cc1cc(C)n(C[C@@H]2CCCCN2C(=O)CN2CCCCCC2=O)n1. The van der Waals surface area contributed by atoms with Crippen LogP contribution < -0.4 is 0 Å². The Morgan fingerprint density at radius 2 is 1.96 bits per heavy atom. The molecule has 3 rings (SSSR count). The molecule has 1 aromatic heterocycles. The molecule has 1 aromatic rings. The molecule has 0 aliphatic carbocycles. The van der Waals surface area contributed by atoms with E-state index in [9.17, 15) is 9.59 Å². The zero-order valence-electron chi connectivity index (χ0n) is 15.5. The molecular formula is C19H30N4O2. The third-order valence-electron chi connectivity index (χ3n) is 5.43. The third kappa shape index (κ3) is 4.41. The maximum atomic E-state index is 12.9. The molecule has 2 amide bonds. The number of hydrogen-bond acceptors (Lipinski definition) is 3. The van der Waals surface area contributed by atoms with Crippen LogP contribution in [0.2, 0.25) is 0 Å². The van der Waals surface area contributed by atoms with Gasteiger partial charge in [-0.3, -0.25) is 14.3 Å². The lowest BCUT2D eigenvalue weighted by atomic mass is 10.0. The molecular weight excluding hydrogens is 316 g/mol. The van der Waals surface area contributed by atoms with Crippen LogP contribution in [0, 0.1) is 13.8 Å². The van der Waals surface area contributed by atoms with Crippen LogP contribution in [-0.4, -0.2) is 57.1 Å². The van der Waals surface area contributed by atoms with Crippen molar-refractivity contribution in [3.8, 4) is 0 Å². The van der Waals surface area contributed by atoms with Crippen molar-refractivity contribution < 1.29 is 9.59 Å².